The van der Waals surface area contributed by atoms with Gasteiger partial charge in [-0.2, -0.15) is 0 Å². The van der Waals surface area contributed by atoms with Crippen LogP contribution < -0.4 is 10.6 Å². The molecule has 1 amide bonds. The third-order valence-electron chi connectivity index (χ3n) is 2.07. The molecule has 1 fully saturated rings. The second-order valence-electron chi connectivity index (χ2n) is 3.10. The Hall–Kier alpha value is -1.36. The highest BCUT2D eigenvalue weighted by Gasteiger charge is 2.22. The summed E-state index contributed by atoms with van der Waals surface area (Å²) in [4.78, 5) is 15.3. The van der Waals surface area contributed by atoms with Crippen LogP contribution in [0.1, 0.15) is 16.2 Å². The van der Waals surface area contributed by atoms with Crippen LogP contribution in [0.4, 0.5) is 0 Å². The molecule has 1 aliphatic rings. The predicted octanol–water partition coefficient (Wildman–Crippen LogP) is -0.315. The van der Waals surface area contributed by atoms with Crippen molar-refractivity contribution in [3.8, 4) is 0 Å². The largest absolute Gasteiger partial charge is 0.438 e. The molecule has 0 atom stereocenters. The molecule has 0 unspecified atom stereocenters. The Morgan fingerprint density at radius 1 is 1.77 bits per heavy atom. The first kappa shape index (κ1) is 8.25. The third kappa shape index (κ3) is 1.55. The molecule has 70 valence electrons. The lowest BCUT2D eigenvalue weighted by atomic mass is 10.2. The molecule has 13 heavy (non-hydrogen) atoms. The van der Waals surface area contributed by atoms with Gasteiger partial charge >= 0.3 is 0 Å². The van der Waals surface area contributed by atoms with Gasteiger partial charge in [0.25, 0.3) is 5.91 Å². The lowest BCUT2D eigenvalue weighted by Gasteiger charge is -2.27. The summed E-state index contributed by atoms with van der Waals surface area (Å²) in [6.45, 7) is 3.41. The lowest BCUT2D eigenvalue weighted by molar-refractivity contribution is 0.0895. The maximum absolute atomic E-state index is 11.5. The number of amides is 1. The second-order valence-corrected chi connectivity index (χ2v) is 3.10. The van der Waals surface area contributed by atoms with Gasteiger partial charge in [-0.1, -0.05) is 0 Å². The average molecular weight is 181 g/mol. The maximum atomic E-state index is 11.5. The van der Waals surface area contributed by atoms with Crippen molar-refractivity contribution in [2.24, 2.45) is 0 Å². The average Bonchev–Trinajstić information content (AvgIpc) is 2.43. The standard InChI is InChI=1S/C8H11N3O2/c1-5-7(13-4-10-5)8(12)11-6-2-9-3-6/h4,6,9H,2-3H2,1H3,(H,11,12). The molecule has 0 aromatic carbocycles. The summed E-state index contributed by atoms with van der Waals surface area (Å²) in [6.07, 6.45) is 1.28. The van der Waals surface area contributed by atoms with Crippen molar-refractivity contribution in [2.75, 3.05) is 13.1 Å². The highest BCUT2D eigenvalue weighted by atomic mass is 16.3. The van der Waals surface area contributed by atoms with Crippen molar-refractivity contribution in [3.05, 3.63) is 17.8 Å². The molecule has 0 radical (unpaired) electrons. The van der Waals surface area contributed by atoms with E-state index >= 15 is 0 Å². The highest BCUT2D eigenvalue weighted by molar-refractivity contribution is 5.92. The van der Waals surface area contributed by atoms with Crippen molar-refractivity contribution >= 4 is 5.91 Å². The van der Waals surface area contributed by atoms with Gasteiger partial charge in [-0.25, -0.2) is 4.98 Å². The number of oxazole rings is 1. The van der Waals surface area contributed by atoms with Crippen LogP contribution in [0.2, 0.25) is 0 Å². The molecule has 2 rings (SSSR count). The fourth-order valence-electron chi connectivity index (χ4n) is 1.16. The van der Waals surface area contributed by atoms with Gasteiger partial charge in [0.1, 0.15) is 0 Å². The number of hydrogen-bond acceptors (Lipinski definition) is 4. The quantitative estimate of drug-likeness (QED) is 0.656. The summed E-state index contributed by atoms with van der Waals surface area (Å²) in [5, 5.41) is 5.89. The molecule has 1 aliphatic heterocycles. The second kappa shape index (κ2) is 3.18. The molecular formula is C8H11N3O2. The SMILES string of the molecule is Cc1ncoc1C(=O)NC1CNC1. The number of aryl methyl sites for hydroxylation is 1. The van der Waals surface area contributed by atoms with Gasteiger partial charge in [-0.15, -0.1) is 0 Å². The lowest BCUT2D eigenvalue weighted by Crippen LogP contribution is -2.56. The van der Waals surface area contributed by atoms with Crippen LogP contribution in [0.25, 0.3) is 0 Å². The minimum atomic E-state index is -0.179. The minimum Gasteiger partial charge on any atom is -0.438 e. The number of aromatic nitrogens is 1. The maximum Gasteiger partial charge on any atom is 0.289 e. The van der Waals surface area contributed by atoms with Gasteiger partial charge in [0.05, 0.1) is 11.7 Å². The first-order chi connectivity index (χ1) is 6.27. The first-order valence-corrected chi connectivity index (χ1v) is 4.19. The molecule has 2 N–H and O–H groups in total. The van der Waals surface area contributed by atoms with Gasteiger partial charge in [-0.05, 0) is 6.92 Å². The van der Waals surface area contributed by atoms with Crippen molar-refractivity contribution in [1.82, 2.24) is 15.6 Å². The van der Waals surface area contributed by atoms with E-state index in [0.717, 1.165) is 13.1 Å². The monoisotopic (exact) mass is 181 g/mol. The van der Waals surface area contributed by atoms with Gasteiger partial charge in [0, 0.05) is 13.1 Å². The molecule has 0 saturated carbocycles. The Morgan fingerprint density at radius 3 is 3.00 bits per heavy atom. The summed E-state index contributed by atoms with van der Waals surface area (Å²) >= 11 is 0. The summed E-state index contributed by atoms with van der Waals surface area (Å²) < 4.78 is 4.95. The molecule has 5 nitrogen and oxygen atoms in total. The van der Waals surface area contributed by atoms with E-state index in [0.29, 0.717) is 11.5 Å². The van der Waals surface area contributed by atoms with E-state index in [9.17, 15) is 4.79 Å². The van der Waals surface area contributed by atoms with E-state index in [1.165, 1.54) is 6.39 Å². The van der Waals surface area contributed by atoms with E-state index < -0.39 is 0 Å². The van der Waals surface area contributed by atoms with Crippen LogP contribution in [0.3, 0.4) is 0 Å². The zero-order valence-electron chi connectivity index (χ0n) is 7.33. The fraction of sp³-hybridized carbons (Fsp3) is 0.500. The number of carbonyl (C=O) groups excluding carboxylic acids is 1. The molecule has 0 aliphatic carbocycles. The molecular weight excluding hydrogens is 170 g/mol. The molecule has 1 aromatic heterocycles. The Labute approximate surface area is 75.5 Å². The van der Waals surface area contributed by atoms with Crippen LogP contribution >= 0.6 is 0 Å². The van der Waals surface area contributed by atoms with Crippen molar-refractivity contribution in [2.45, 2.75) is 13.0 Å². The highest BCUT2D eigenvalue weighted by Crippen LogP contribution is 2.05. The molecule has 1 saturated heterocycles. The summed E-state index contributed by atoms with van der Waals surface area (Å²) in [6, 6.07) is 0.233. The van der Waals surface area contributed by atoms with Gasteiger partial charge in [0.2, 0.25) is 5.76 Å². The summed E-state index contributed by atoms with van der Waals surface area (Å²) in [5.41, 5.74) is 0.629. The topological polar surface area (TPSA) is 67.2 Å². The zero-order valence-corrected chi connectivity index (χ0v) is 7.33. The van der Waals surface area contributed by atoms with Crippen molar-refractivity contribution in [1.29, 1.82) is 0 Å². The summed E-state index contributed by atoms with van der Waals surface area (Å²) in [7, 11) is 0. The molecule has 0 spiro atoms. The molecule has 0 bridgehead atoms. The third-order valence-corrected chi connectivity index (χ3v) is 2.07. The van der Waals surface area contributed by atoms with Crippen LogP contribution in [0, 0.1) is 6.92 Å². The minimum absolute atomic E-state index is 0.179. The summed E-state index contributed by atoms with van der Waals surface area (Å²) in [5.74, 6) is 0.133. The number of carbonyl (C=O) groups is 1. The van der Waals surface area contributed by atoms with E-state index in [1.54, 1.807) is 6.92 Å². The number of nitrogens with one attached hydrogen (secondary N) is 2. The van der Waals surface area contributed by atoms with Crippen molar-refractivity contribution < 1.29 is 9.21 Å². The van der Waals surface area contributed by atoms with E-state index in [4.69, 9.17) is 4.42 Å². The predicted molar refractivity (Wildman–Crippen MR) is 45.4 cm³/mol. The smallest absolute Gasteiger partial charge is 0.289 e. The Balaban J connectivity index is 2.00. The van der Waals surface area contributed by atoms with Crippen LogP contribution in [-0.2, 0) is 0 Å². The Morgan fingerprint density at radius 2 is 2.54 bits per heavy atom. The number of rotatable bonds is 2. The normalized spacial score (nSPS) is 16.7. The zero-order chi connectivity index (χ0) is 9.26. The van der Waals surface area contributed by atoms with E-state index in [1.807, 2.05) is 0 Å². The Bertz CT molecular complexity index is 317. The van der Waals surface area contributed by atoms with E-state index in [-0.39, 0.29) is 11.9 Å². The molecule has 1 aromatic rings. The fourth-order valence-corrected chi connectivity index (χ4v) is 1.16. The number of nitrogens with zero attached hydrogens (tertiary/aromatic N) is 1. The molecule has 2 heterocycles. The van der Waals surface area contributed by atoms with Gasteiger partial charge in [-0.3, -0.25) is 4.79 Å². The van der Waals surface area contributed by atoms with E-state index in [2.05, 4.69) is 15.6 Å². The number of hydrogen-bond donors (Lipinski definition) is 2. The van der Waals surface area contributed by atoms with Crippen LogP contribution in [0.5, 0.6) is 0 Å². The van der Waals surface area contributed by atoms with Crippen LogP contribution in [-0.4, -0.2) is 30.0 Å². The first-order valence-electron chi connectivity index (χ1n) is 4.19. The van der Waals surface area contributed by atoms with Crippen LogP contribution in [0.15, 0.2) is 10.8 Å². The van der Waals surface area contributed by atoms with Crippen molar-refractivity contribution in [3.63, 3.8) is 0 Å². The molecule has 5 heteroatoms. The van der Waals surface area contributed by atoms with Gasteiger partial charge in [0.15, 0.2) is 6.39 Å². The van der Waals surface area contributed by atoms with Gasteiger partial charge < -0.3 is 15.1 Å². The Kier molecular flexibility index (Phi) is 2.02.